The largest absolute Gasteiger partial charge is 0.472 e. The maximum Gasteiger partial charge on any atom is 0.336 e. The lowest BCUT2D eigenvalue weighted by molar-refractivity contribution is -0.139. The highest BCUT2D eigenvalue weighted by Gasteiger charge is 2.44. The average Bonchev–Trinajstić information content (AvgIpc) is 3.14. The molecule has 0 radical (unpaired) electrons. The summed E-state index contributed by atoms with van der Waals surface area (Å²) in [5.41, 5.74) is 8.59. The van der Waals surface area contributed by atoms with Crippen LogP contribution in [-0.2, 0) is 19.1 Å². The summed E-state index contributed by atoms with van der Waals surface area (Å²) >= 11 is 0. The van der Waals surface area contributed by atoms with E-state index in [2.05, 4.69) is 19.2 Å². The summed E-state index contributed by atoms with van der Waals surface area (Å²) in [6, 6.07) is 1.78. The number of allylic oxidation sites excluding steroid dienone is 2. The minimum Gasteiger partial charge on any atom is -0.472 e. The van der Waals surface area contributed by atoms with Gasteiger partial charge in [-0.3, -0.25) is 4.79 Å². The molecule has 1 aliphatic heterocycles. The van der Waals surface area contributed by atoms with Crippen LogP contribution in [0.2, 0.25) is 0 Å². The molecule has 7 nitrogen and oxygen atoms in total. The van der Waals surface area contributed by atoms with Crippen molar-refractivity contribution in [2.24, 2.45) is 11.1 Å². The van der Waals surface area contributed by atoms with E-state index in [-0.39, 0.29) is 24.4 Å². The van der Waals surface area contributed by atoms with E-state index in [9.17, 15) is 9.59 Å². The van der Waals surface area contributed by atoms with Crippen molar-refractivity contribution in [3.63, 3.8) is 0 Å². The molecule has 152 valence electrons. The lowest BCUT2D eigenvalue weighted by Gasteiger charge is -2.39. The fraction of sp³-hybridized carbons (Fsp3) is 0.524. The van der Waals surface area contributed by atoms with E-state index >= 15 is 0 Å². The van der Waals surface area contributed by atoms with Gasteiger partial charge in [0.15, 0.2) is 5.78 Å². The van der Waals surface area contributed by atoms with Gasteiger partial charge in [-0.25, -0.2) is 4.79 Å². The van der Waals surface area contributed by atoms with Crippen molar-refractivity contribution in [3.05, 3.63) is 46.7 Å². The van der Waals surface area contributed by atoms with Gasteiger partial charge in [-0.05, 0) is 24.8 Å². The van der Waals surface area contributed by atoms with Gasteiger partial charge in [0.25, 0.3) is 0 Å². The van der Waals surface area contributed by atoms with Crippen LogP contribution in [0, 0.1) is 5.41 Å². The van der Waals surface area contributed by atoms with Crippen LogP contribution < -0.4 is 11.1 Å². The smallest absolute Gasteiger partial charge is 0.336 e. The van der Waals surface area contributed by atoms with E-state index in [1.54, 1.807) is 25.5 Å². The second-order valence-electron chi connectivity index (χ2n) is 7.90. The molecule has 1 aromatic rings. The van der Waals surface area contributed by atoms with Gasteiger partial charge in [-0.15, -0.1) is 0 Å². The minimum atomic E-state index is -0.533. The number of rotatable bonds is 7. The Labute approximate surface area is 164 Å². The van der Waals surface area contributed by atoms with Crippen LogP contribution in [-0.4, -0.2) is 38.1 Å². The van der Waals surface area contributed by atoms with Crippen LogP contribution in [0.1, 0.15) is 45.1 Å². The molecule has 1 unspecified atom stereocenters. The molecular formula is C21H28N2O5. The fourth-order valence-electron chi connectivity index (χ4n) is 3.94. The van der Waals surface area contributed by atoms with Crippen LogP contribution in [0.15, 0.2) is 45.6 Å². The van der Waals surface area contributed by atoms with E-state index in [4.69, 9.17) is 19.6 Å². The second-order valence-corrected chi connectivity index (χ2v) is 7.90. The molecule has 3 rings (SSSR count). The summed E-state index contributed by atoms with van der Waals surface area (Å²) in [4.78, 5) is 26.0. The summed E-state index contributed by atoms with van der Waals surface area (Å²) < 4.78 is 16.2. The first-order chi connectivity index (χ1) is 13.4. The van der Waals surface area contributed by atoms with Gasteiger partial charge >= 0.3 is 5.97 Å². The zero-order chi connectivity index (χ0) is 20.3. The molecule has 2 heterocycles. The van der Waals surface area contributed by atoms with Crippen molar-refractivity contribution in [2.45, 2.75) is 39.5 Å². The number of Topliss-reactive ketones (excluding diaryl/α,β-unsaturated/α-hetero) is 1. The third-order valence-electron chi connectivity index (χ3n) is 5.00. The van der Waals surface area contributed by atoms with Crippen molar-refractivity contribution < 1.29 is 23.5 Å². The maximum atomic E-state index is 13.1. The highest BCUT2D eigenvalue weighted by Crippen LogP contribution is 2.46. The number of nitrogens with two attached hydrogens (primary N) is 1. The molecule has 0 saturated carbocycles. The van der Waals surface area contributed by atoms with Gasteiger partial charge in [0.05, 0.1) is 49.5 Å². The van der Waals surface area contributed by atoms with Gasteiger partial charge in [0, 0.05) is 29.8 Å². The standard InChI is InChI=1S/C21H28N2O5/c1-4-28-20(25)19-15(12-27-8-6-22)23-14-9-21(2,3)10-16(24)18(14)17(19)13-5-7-26-11-13/h5,7,11,17,23H,4,6,8-10,12,22H2,1-3H3. The Hall–Kier alpha value is -2.38. The van der Waals surface area contributed by atoms with Crippen molar-refractivity contribution >= 4 is 11.8 Å². The van der Waals surface area contributed by atoms with E-state index in [0.717, 1.165) is 11.3 Å². The first-order valence-electron chi connectivity index (χ1n) is 9.61. The van der Waals surface area contributed by atoms with Crippen LogP contribution >= 0.6 is 0 Å². The van der Waals surface area contributed by atoms with E-state index in [1.165, 1.54) is 0 Å². The molecule has 0 aromatic carbocycles. The lowest BCUT2D eigenvalue weighted by Crippen LogP contribution is -2.40. The zero-order valence-corrected chi connectivity index (χ0v) is 16.7. The summed E-state index contributed by atoms with van der Waals surface area (Å²) in [6.45, 7) is 7.07. The first kappa shape index (κ1) is 20.4. The number of carbonyl (C=O) groups excluding carboxylic acids is 2. The molecule has 0 fully saturated rings. The lowest BCUT2D eigenvalue weighted by atomic mass is 9.69. The third-order valence-corrected chi connectivity index (χ3v) is 5.00. The van der Waals surface area contributed by atoms with Crippen LogP contribution in [0.25, 0.3) is 0 Å². The van der Waals surface area contributed by atoms with Crippen LogP contribution in [0.3, 0.4) is 0 Å². The molecule has 0 amide bonds. The number of ketones is 1. The number of furan rings is 1. The molecule has 28 heavy (non-hydrogen) atoms. The number of esters is 1. The van der Waals surface area contributed by atoms with Gasteiger partial charge < -0.3 is 24.9 Å². The van der Waals surface area contributed by atoms with Crippen molar-refractivity contribution in [2.75, 3.05) is 26.4 Å². The predicted octanol–water partition coefficient (Wildman–Crippen LogP) is 2.40. The number of carbonyl (C=O) groups is 2. The molecule has 0 spiro atoms. The molecule has 1 aliphatic carbocycles. The SMILES string of the molecule is CCOC(=O)C1=C(COCCN)NC2=C(C(=O)CC(C)(C)C2)C1c1ccoc1. The summed E-state index contributed by atoms with van der Waals surface area (Å²) in [7, 11) is 0. The van der Waals surface area contributed by atoms with Gasteiger partial charge in [-0.1, -0.05) is 13.8 Å². The quantitative estimate of drug-likeness (QED) is 0.546. The molecule has 1 aromatic heterocycles. The molecule has 0 saturated heterocycles. The number of hydrogen-bond acceptors (Lipinski definition) is 7. The Morgan fingerprint density at radius 3 is 2.82 bits per heavy atom. The average molecular weight is 388 g/mol. The Bertz CT molecular complexity index is 805. The molecule has 3 N–H and O–H groups in total. The minimum absolute atomic E-state index is 0.0358. The second kappa shape index (κ2) is 8.32. The highest BCUT2D eigenvalue weighted by atomic mass is 16.5. The molecule has 7 heteroatoms. The number of dihydropyridines is 1. The Balaban J connectivity index is 2.11. The predicted molar refractivity (Wildman–Crippen MR) is 103 cm³/mol. The van der Waals surface area contributed by atoms with E-state index < -0.39 is 11.9 Å². The van der Waals surface area contributed by atoms with E-state index in [1.807, 2.05) is 0 Å². The summed E-state index contributed by atoms with van der Waals surface area (Å²) in [5, 5.41) is 3.32. The summed E-state index contributed by atoms with van der Waals surface area (Å²) in [6.07, 6.45) is 4.25. The zero-order valence-electron chi connectivity index (χ0n) is 16.7. The monoisotopic (exact) mass is 388 g/mol. The molecular weight excluding hydrogens is 360 g/mol. The maximum absolute atomic E-state index is 13.1. The van der Waals surface area contributed by atoms with Gasteiger partial charge in [-0.2, -0.15) is 0 Å². The van der Waals surface area contributed by atoms with Crippen molar-refractivity contribution in [3.8, 4) is 0 Å². The van der Waals surface area contributed by atoms with Gasteiger partial charge in [0.1, 0.15) is 0 Å². The number of ether oxygens (including phenoxy) is 2. The first-order valence-corrected chi connectivity index (χ1v) is 9.61. The normalized spacial score (nSPS) is 21.4. The number of nitrogens with one attached hydrogen (secondary N) is 1. The van der Waals surface area contributed by atoms with Crippen LogP contribution in [0.4, 0.5) is 0 Å². The Morgan fingerprint density at radius 1 is 1.39 bits per heavy atom. The number of hydrogen-bond donors (Lipinski definition) is 2. The Kier molecular flexibility index (Phi) is 6.05. The topological polar surface area (TPSA) is 104 Å². The van der Waals surface area contributed by atoms with Crippen molar-refractivity contribution in [1.82, 2.24) is 5.32 Å². The summed E-state index contributed by atoms with van der Waals surface area (Å²) in [5.74, 6) is -0.959. The molecule has 2 aliphatic rings. The van der Waals surface area contributed by atoms with E-state index in [0.29, 0.717) is 42.8 Å². The molecule has 0 bridgehead atoms. The van der Waals surface area contributed by atoms with Gasteiger partial charge in [0.2, 0.25) is 0 Å². The highest BCUT2D eigenvalue weighted by molar-refractivity contribution is 6.04. The van der Waals surface area contributed by atoms with Crippen molar-refractivity contribution in [1.29, 1.82) is 0 Å². The molecule has 1 atom stereocenters. The third kappa shape index (κ3) is 4.05. The Morgan fingerprint density at radius 2 is 2.18 bits per heavy atom. The van der Waals surface area contributed by atoms with Crippen LogP contribution in [0.5, 0.6) is 0 Å². The fourth-order valence-corrected chi connectivity index (χ4v) is 3.94.